The lowest BCUT2D eigenvalue weighted by Crippen LogP contribution is -2.43. The van der Waals surface area contributed by atoms with Gasteiger partial charge in [0, 0.05) is 24.3 Å². The van der Waals surface area contributed by atoms with Crippen LogP contribution in [0.1, 0.15) is 11.1 Å². The number of carbonyl (C=O) groups is 1. The molecule has 0 spiro atoms. The van der Waals surface area contributed by atoms with E-state index in [0.717, 1.165) is 0 Å². The summed E-state index contributed by atoms with van der Waals surface area (Å²) in [6.07, 6.45) is -4.77. The van der Waals surface area contributed by atoms with Crippen LogP contribution in [0.3, 0.4) is 0 Å². The van der Waals surface area contributed by atoms with E-state index in [1.54, 1.807) is 18.2 Å². The van der Waals surface area contributed by atoms with Crippen molar-refractivity contribution < 1.29 is 26.4 Å². The van der Waals surface area contributed by atoms with E-state index < -0.39 is 22.1 Å². The topological polar surface area (TPSA) is 121 Å². The van der Waals surface area contributed by atoms with Gasteiger partial charge in [-0.2, -0.15) is 18.4 Å². The minimum atomic E-state index is -4.98. The second-order valence-electron chi connectivity index (χ2n) is 6.82. The SMILES string of the molecule is O=C(N1CCc2ccc(S(=O)(=O)Nc3ccc(-c4nn[nH]n4)cc3)cc2C1)C(F)(F)F. The number of rotatable bonds is 4. The van der Waals surface area contributed by atoms with Crippen molar-refractivity contribution in [3.63, 3.8) is 0 Å². The lowest BCUT2D eigenvalue weighted by Gasteiger charge is -2.29. The summed E-state index contributed by atoms with van der Waals surface area (Å²) in [4.78, 5) is 12.1. The molecule has 0 atom stereocenters. The highest BCUT2D eigenvalue weighted by molar-refractivity contribution is 7.92. The minimum absolute atomic E-state index is 0.0809. The third-order valence-electron chi connectivity index (χ3n) is 4.77. The van der Waals surface area contributed by atoms with Crippen molar-refractivity contribution in [3.05, 3.63) is 53.6 Å². The lowest BCUT2D eigenvalue weighted by atomic mass is 10.00. The number of benzene rings is 2. The predicted molar refractivity (Wildman–Crippen MR) is 102 cm³/mol. The zero-order valence-electron chi connectivity index (χ0n) is 15.7. The van der Waals surface area contributed by atoms with E-state index in [2.05, 4.69) is 25.3 Å². The number of sulfonamides is 1. The molecule has 31 heavy (non-hydrogen) atoms. The average Bonchev–Trinajstić information content (AvgIpc) is 3.27. The van der Waals surface area contributed by atoms with Gasteiger partial charge in [0.1, 0.15) is 0 Å². The van der Waals surface area contributed by atoms with Gasteiger partial charge in [0.05, 0.1) is 4.90 Å². The number of nitrogens with zero attached hydrogens (tertiary/aromatic N) is 4. The van der Waals surface area contributed by atoms with Crippen molar-refractivity contribution >= 4 is 21.6 Å². The summed E-state index contributed by atoms with van der Waals surface area (Å²) in [6.45, 7) is -0.390. The zero-order chi connectivity index (χ0) is 22.2. The number of aromatic nitrogens is 4. The van der Waals surface area contributed by atoms with Crippen LogP contribution in [0.25, 0.3) is 11.4 Å². The Hall–Kier alpha value is -3.48. The molecule has 9 nitrogen and oxygen atoms in total. The van der Waals surface area contributed by atoms with Crippen LogP contribution in [0.5, 0.6) is 0 Å². The van der Waals surface area contributed by atoms with Crippen LogP contribution in [0.4, 0.5) is 18.9 Å². The molecule has 2 N–H and O–H groups in total. The molecule has 1 aromatic heterocycles. The summed E-state index contributed by atoms with van der Waals surface area (Å²) in [5, 5.41) is 13.4. The van der Waals surface area contributed by atoms with E-state index in [1.165, 1.54) is 24.3 Å². The van der Waals surface area contributed by atoms with E-state index >= 15 is 0 Å². The molecule has 2 heterocycles. The highest BCUT2D eigenvalue weighted by Gasteiger charge is 2.43. The number of H-pyrrole nitrogens is 1. The van der Waals surface area contributed by atoms with Crippen molar-refractivity contribution in [2.45, 2.75) is 24.0 Å². The third kappa shape index (κ3) is 4.35. The molecule has 0 aliphatic carbocycles. The van der Waals surface area contributed by atoms with Crippen LogP contribution in [-0.2, 0) is 27.8 Å². The number of hydrogen-bond donors (Lipinski definition) is 2. The van der Waals surface area contributed by atoms with Gasteiger partial charge >= 0.3 is 12.1 Å². The van der Waals surface area contributed by atoms with Gasteiger partial charge in [-0.3, -0.25) is 9.52 Å². The van der Waals surface area contributed by atoms with E-state index in [4.69, 9.17) is 0 Å². The summed E-state index contributed by atoms with van der Waals surface area (Å²) in [7, 11) is -4.01. The van der Waals surface area contributed by atoms with Crippen LogP contribution in [0.15, 0.2) is 47.4 Å². The summed E-state index contributed by atoms with van der Waals surface area (Å²) < 4.78 is 66.1. The van der Waals surface area contributed by atoms with E-state index in [0.29, 0.717) is 27.4 Å². The fraction of sp³-hybridized carbons (Fsp3) is 0.222. The molecule has 2 aromatic carbocycles. The number of carbonyl (C=O) groups excluding carboxylic acids is 1. The largest absolute Gasteiger partial charge is 0.471 e. The van der Waals surface area contributed by atoms with Gasteiger partial charge < -0.3 is 4.90 Å². The molecule has 0 fully saturated rings. The monoisotopic (exact) mass is 452 g/mol. The smallest absolute Gasteiger partial charge is 0.330 e. The van der Waals surface area contributed by atoms with Crippen molar-refractivity contribution in [1.29, 1.82) is 0 Å². The number of aromatic amines is 1. The number of tetrazole rings is 1. The molecule has 1 amide bonds. The Labute approximate surface area is 174 Å². The Morgan fingerprint density at radius 1 is 1.10 bits per heavy atom. The maximum absolute atomic E-state index is 12.8. The van der Waals surface area contributed by atoms with Gasteiger partial charge in [0.15, 0.2) is 0 Å². The number of alkyl halides is 3. The van der Waals surface area contributed by atoms with Crippen LogP contribution in [0, 0.1) is 0 Å². The first-order valence-electron chi connectivity index (χ1n) is 8.98. The second-order valence-corrected chi connectivity index (χ2v) is 8.51. The van der Waals surface area contributed by atoms with Gasteiger partial charge in [-0.05, 0) is 59.2 Å². The Bertz CT molecular complexity index is 1210. The zero-order valence-corrected chi connectivity index (χ0v) is 16.5. The Morgan fingerprint density at radius 2 is 1.84 bits per heavy atom. The quantitative estimate of drug-likeness (QED) is 0.626. The Kier molecular flexibility index (Phi) is 5.13. The first kappa shape index (κ1) is 20.8. The Morgan fingerprint density at radius 3 is 2.48 bits per heavy atom. The molecule has 0 saturated heterocycles. The van der Waals surface area contributed by atoms with Crippen LogP contribution in [-0.4, -0.2) is 52.6 Å². The number of hydrogen-bond acceptors (Lipinski definition) is 6. The maximum atomic E-state index is 12.8. The van der Waals surface area contributed by atoms with Gasteiger partial charge in [-0.1, -0.05) is 6.07 Å². The molecular weight excluding hydrogens is 437 g/mol. The summed E-state index contributed by atoms with van der Waals surface area (Å²) in [6, 6.07) is 10.5. The highest BCUT2D eigenvalue weighted by Crippen LogP contribution is 2.27. The first-order valence-corrected chi connectivity index (χ1v) is 10.5. The molecule has 0 saturated carbocycles. The minimum Gasteiger partial charge on any atom is -0.330 e. The summed E-state index contributed by atoms with van der Waals surface area (Å²) >= 11 is 0. The molecule has 4 rings (SSSR count). The maximum Gasteiger partial charge on any atom is 0.471 e. The molecule has 162 valence electrons. The predicted octanol–water partition coefficient (Wildman–Crippen LogP) is 2.11. The molecule has 1 aliphatic rings. The second kappa shape index (κ2) is 7.65. The van der Waals surface area contributed by atoms with Crippen molar-refractivity contribution in [1.82, 2.24) is 25.5 Å². The summed E-state index contributed by atoms with van der Waals surface area (Å²) in [5.41, 5.74) is 1.97. The fourth-order valence-electron chi connectivity index (χ4n) is 3.24. The average molecular weight is 452 g/mol. The van der Waals surface area contributed by atoms with Crippen LogP contribution >= 0.6 is 0 Å². The van der Waals surface area contributed by atoms with Crippen LogP contribution in [0.2, 0.25) is 0 Å². The highest BCUT2D eigenvalue weighted by atomic mass is 32.2. The molecule has 1 aliphatic heterocycles. The van der Waals surface area contributed by atoms with E-state index in [9.17, 15) is 26.4 Å². The molecule has 0 radical (unpaired) electrons. The van der Waals surface area contributed by atoms with Crippen molar-refractivity contribution in [2.75, 3.05) is 11.3 Å². The number of nitrogens with one attached hydrogen (secondary N) is 2. The number of halogens is 3. The molecule has 13 heteroatoms. The Balaban J connectivity index is 1.53. The standard InChI is InChI=1S/C18H15F3N6O3S/c19-18(20,21)17(28)27-8-7-11-3-6-15(9-13(11)10-27)31(29,30)24-14-4-1-12(2-5-14)16-22-25-26-23-16/h1-6,9,24H,7-8,10H2,(H,22,23,25,26). The van der Waals surface area contributed by atoms with Gasteiger partial charge in [0.2, 0.25) is 5.82 Å². The van der Waals surface area contributed by atoms with Gasteiger partial charge in [-0.25, -0.2) is 8.42 Å². The summed E-state index contributed by atoms with van der Waals surface area (Å²) in [5.74, 6) is -1.59. The first-order chi connectivity index (χ1) is 14.6. The number of fused-ring (bicyclic) bond motifs is 1. The van der Waals surface area contributed by atoms with E-state index in [-0.39, 0.29) is 30.1 Å². The fourth-order valence-corrected chi connectivity index (χ4v) is 4.35. The van der Waals surface area contributed by atoms with Crippen molar-refractivity contribution in [2.24, 2.45) is 0 Å². The lowest BCUT2D eigenvalue weighted by molar-refractivity contribution is -0.186. The molecular formula is C18H15F3N6O3S. The van der Waals surface area contributed by atoms with E-state index in [1.807, 2.05) is 0 Å². The normalized spacial score (nSPS) is 14.2. The van der Waals surface area contributed by atoms with Gasteiger partial charge in [-0.15, -0.1) is 10.2 Å². The molecule has 0 bridgehead atoms. The molecule has 0 unspecified atom stereocenters. The van der Waals surface area contributed by atoms with Gasteiger partial charge in [0.25, 0.3) is 10.0 Å². The third-order valence-corrected chi connectivity index (χ3v) is 6.15. The molecule has 3 aromatic rings. The number of anilines is 1. The number of amides is 1. The van der Waals surface area contributed by atoms with Crippen LogP contribution < -0.4 is 4.72 Å². The van der Waals surface area contributed by atoms with Crippen molar-refractivity contribution in [3.8, 4) is 11.4 Å².